The molecule has 2 unspecified atom stereocenters. The third kappa shape index (κ3) is 3.90. The van der Waals surface area contributed by atoms with Crippen molar-refractivity contribution in [1.29, 1.82) is 0 Å². The number of rotatable bonds is 7. The number of aromatic carboxylic acids is 1. The highest BCUT2D eigenvalue weighted by atomic mass is 19.1. The van der Waals surface area contributed by atoms with E-state index in [0.29, 0.717) is 36.7 Å². The van der Waals surface area contributed by atoms with Gasteiger partial charge in [0.2, 0.25) is 5.43 Å². The molecule has 8 heteroatoms. The summed E-state index contributed by atoms with van der Waals surface area (Å²) in [6, 6.07) is 3.41. The summed E-state index contributed by atoms with van der Waals surface area (Å²) in [5.41, 5.74) is -0.333. The van der Waals surface area contributed by atoms with E-state index in [-0.39, 0.29) is 23.1 Å². The summed E-state index contributed by atoms with van der Waals surface area (Å²) in [6.45, 7) is 5.23. The maximum absolute atomic E-state index is 15.5. The summed E-state index contributed by atoms with van der Waals surface area (Å²) in [5, 5.41) is 9.53. The lowest BCUT2D eigenvalue weighted by molar-refractivity contribution is 0.0689. The number of fused-ring (bicyclic) bond motifs is 6. The molecule has 0 bridgehead atoms. The molecule has 1 saturated carbocycles. The van der Waals surface area contributed by atoms with Crippen molar-refractivity contribution < 1.29 is 28.5 Å². The summed E-state index contributed by atoms with van der Waals surface area (Å²) >= 11 is 0. The maximum atomic E-state index is 15.5. The van der Waals surface area contributed by atoms with Crippen molar-refractivity contribution in [1.82, 2.24) is 4.57 Å². The molecule has 1 aromatic carbocycles. The monoisotopic (exact) mass is 459 g/mol. The number of aromatic nitrogens is 1. The van der Waals surface area contributed by atoms with Crippen LogP contribution in [0.15, 0.2) is 23.1 Å². The Morgan fingerprint density at radius 2 is 2.00 bits per heavy atom. The smallest absolute Gasteiger partial charge is 0.341 e. The van der Waals surface area contributed by atoms with Crippen LogP contribution in [0.25, 0.3) is 11.3 Å². The Morgan fingerprint density at radius 3 is 2.67 bits per heavy atom. The number of carboxylic acid groups (broad SMARTS) is 1. The Balaban J connectivity index is 1.95. The summed E-state index contributed by atoms with van der Waals surface area (Å²) in [4.78, 5) is 24.3. The second-order valence-corrected chi connectivity index (χ2v) is 9.46. The van der Waals surface area contributed by atoms with E-state index >= 15 is 4.39 Å². The van der Waals surface area contributed by atoms with E-state index in [2.05, 4.69) is 13.8 Å². The van der Waals surface area contributed by atoms with Gasteiger partial charge in [-0.15, -0.1) is 0 Å². The van der Waals surface area contributed by atoms with E-state index in [4.69, 9.17) is 14.2 Å². The largest absolute Gasteiger partial charge is 0.493 e. The fourth-order valence-electron chi connectivity index (χ4n) is 5.50. The predicted octanol–water partition coefficient (Wildman–Crippen LogP) is 4.62. The molecule has 2 heterocycles. The fraction of sp³-hybridized carbons (Fsp3) is 0.520. The van der Waals surface area contributed by atoms with E-state index in [9.17, 15) is 14.7 Å². The molecular formula is C25H30FNO6. The van der Waals surface area contributed by atoms with Gasteiger partial charge in [-0.1, -0.05) is 20.3 Å². The van der Waals surface area contributed by atoms with Crippen LogP contribution in [0.3, 0.4) is 0 Å². The average Bonchev–Trinajstić information content (AvgIpc) is 2.77. The number of nitrogens with zero attached hydrogens (tertiary/aromatic N) is 1. The number of hydrogen-bond donors (Lipinski definition) is 1. The molecule has 2 aromatic rings. The van der Waals surface area contributed by atoms with Crippen LogP contribution < -0.4 is 14.9 Å². The molecule has 178 valence electrons. The zero-order valence-corrected chi connectivity index (χ0v) is 19.4. The van der Waals surface area contributed by atoms with Gasteiger partial charge in [0.1, 0.15) is 5.56 Å². The quantitative estimate of drug-likeness (QED) is 0.608. The number of pyridine rings is 1. The average molecular weight is 460 g/mol. The van der Waals surface area contributed by atoms with Crippen molar-refractivity contribution in [3.8, 4) is 22.8 Å². The van der Waals surface area contributed by atoms with Crippen molar-refractivity contribution in [2.24, 2.45) is 5.41 Å². The first-order valence-corrected chi connectivity index (χ1v) is 11.2. The number of carbonyl (C=O) groups is 1. The first-order valence-electron chi connectivity index (χ1n) is 11.2. The van der Waals surface area contributed by atoms with Gasteiger partial charge in [0, 0.05) is 43.9 Å². The third-order valence-electron chi connectivity index (χ3n) is 6.97. The molecule has 1 fully saturated rings. The van der Waals surface area contributed by atoms with Gasteiger partial charge in [0.25, 0.3) is 0 Å². The predicted molar refractivity (Wildman–Crippen MR) is 121 cm³/mol. The summed E-state index contributed by atoms with van der Waals surface area (Å²) in [5.74, 6) is -1.46. The Morgan fingerprint density at radius 1 is 1.24 bits per heavy atom. The van der Waals surface area contributed by atoms with E-state index in [1.54, 1.807) is 17.7 Å². The Hall–Kier alpha value is -2.87. The lowest BCUT2D eigenvalue weighted by Crippen LogP contribution is -2.40. The van der Waals surface area contributed by atoms with Crippen molar-refractivity contribution >= 4 is 5.97 Å². The topological polar surface area (TPSA) is 87.0 Å². The Bertz CT molecular complexity index is 1140. The summed E-state index contributed by atoms with van der Waals surface area (Å²) in [6.07, 6.45) is 4.80. The van der Waals surface area contributed by atoms with Gasteiger partial charge in [-0.2, -0.15) is 0 Å². The van der Waals surface area contributed by atoms with Crippen LogP contribution >= 0.6 is 0 Å². The minimum atomic E-state index is -1.43. The molecule has 2 aliphatic rings. The van der Waals surface area contributed by atoms with Crippen molar-refractivity contribution in [3.05, 3.63) is 45.5 Å². The molecule has 1 N–H and O–H groups in total. The Kier molecular flexibility index (Phi) is 6.22. The molecule has 1 aliphatic heterocycles. The highest BCUT2D eigenvalue weighted by Crippen LogP contribution is 2.58. The van der Waals surface area contributed by atoms with E-state index in [1.807, 2.05) is 6.07 Å². The van der Waals surface area contributed by atoms with Gasteiger partial charge in [-0.25, -0.2) is 9.18 Å². The lowest BCUT2D eigenvalue weighted by atomic mass is 9.63. The van der Waals surface area contributed by atoms with Gasteiger partial charge in [-0.3, -0.25) is 4.79 Å². The van der Waals surface area contributed by atoms with Gasteiger partial charge in [0.15, 0.2) is 17.3 Å². The fourth-order valence-corrected chi connectivity index (χ4v) is 5.50. The molecule has 7 nitrogen and oxygen atoms in total. The van der Waals surface area contributed by atoms with Crippen LogP contribution in [-0.2, 0) is 4.74 Å². The molecular weight excluding hydrogens is 429 g/mol. The molecule has 4 rings (SSSR count). The number of halogens is 1. The van der Waals surface area contributed by atoms with E-state index in [1.165, 1.54) is 13.3 Å². The standard InChI is InChI=1S/C25H30FNO6/c1-25(2)8-5-7-14-15-11-19(33-10-6-9-31-3)18(32-4)12-16(15)21-20(26)22(28)17(24(29)30)13-27(21)23(14)25/h11-14,23H,5-10H2,1-4H3,(H,29,30). The number of benzene rings is 1. The van der Waals surface area contributed by atoms with Gasteiger partial charge < -0.3 is 23.9 Å². The zero-order chi connectivity index (χ0) is 23.9. The normalized spacial score (nSPS) is 20.4. The second kappa shape index (κ2) is 8.82. The Labute approximate surface area is 192 Å². The molecule has 0 radical (unpaired) electrons. The lowest BCUT2D eigenvalue weighted by Gasteiger charge is -2.49. The summed E-state index contributed by atoms with van der Waals surface area (Å²) in [7, 11) is 3.14. The van der Waals surface area contributed by atoms with Crippen molar-refractivity contribution in [2.45, 2.75) is 51.5 Å². The van der Waals surface area contributed by atoms with Crippen molar-refractivity contribution in [3.63, 3.8) is 0 Å². The van der Waals surface area contributed by atoms with Crippen molar-refractivity contribution in [2.75, 3.05) is 27.4 Å². The molecule has 1 aromatic heterocycles. The SMILES string of the molecule is COCCCOc1cc2c(cc1OC)-c1c(F)c(=O)c(C(=O)O)cn1C1C2CCCC1(C)C. The van der Waals surface area contributed by atoms with Crippen LogP contribution in [0.1, 0.15) is 67.4 Å². The molecule has 0 saturated heterocycles. The van der Waals surface area contributed by atoms with E-state index in [0.717, 1.165) is 24.8 Å². The highest BCUT2D eigenvalue weighted by molar-refractivity contribution is 5.88. The maximum Gasteiger partial charge on any atom is 0.341 e. The highest BCUT2D eigenvalue weighted by Gasteiger charge is 2.46. The molecule has 1 aliphatic carbocycles. The zero-order valence-electron chi connectivity index (χ0n) is 19.4. The second-order valence-electron chi connectivity index (χ2n) is 9.46. The number of carboxylic acids is 1. The van der Waals surface area contributed by atoms with Crippen LogP contribution in [0, 0.1) is 11.2 Å². The minimum absolute atomic E-state index is 0.0204. The number of methoxy groups -OCH3 is 2. The third-order valence-corrected chi connectivity index (χ3v) is 6.97. The van der Waals surface area contributed by atoms with Gasteiger partial charge >= 0.3 is 5.97 Å². The van der Waals surface area contributed by atoms with Gasteiger partial charge in [-0.05, 0) is 36.0 Å². The van der Waals surface area contributed by atoms with Crippen LogP contribution in [-0.4, -0.2) is 43.1 Å². The van der Waals surface area contributed by atoms with E-state index < -0.39 is 22.8 Å². The molecule has 33 heavy (non-hydrogen) atoms. The number of hydrogen-bond acceptors (Lipinski definition) is 5. The van der Waals surface area contributed by atoms with Crippen LogP contribution in [0.4, 0.5) is 4.39 Å². The first kappa shape index (κ1) is 23.3. The minimum Gasteiger partial charge on any atom is -0.493 e. The molecule has 0 spiro atoms. The summed E-state index contributed by atoms with van der Waals surface area (Å²) < 4.78 is 33.8. The first-order chi connectivity index (χ1) is 15.7. The molecule has 0 amide bonds. The van der Waals surface area contributed by atoms with Crippen LogP contribution in [0.5, 0.6) is 11.5 Å². The van der Waals surface area contributed by atoms with Gasteiger partial charge in [0.05, 0.1) is 19.4 Å². The molecule has 2 atom stereocenters. The number of ether oxygens (including phenoxy) is 3. The van der Waals surface area contributed by atoms with Crippen LogP contribution in [0.2, 0.25) is 0 Å².